The molecule has 0 saturated carbocycles. The molecule has 0 aliphatic carbocycles. The zero-order valence-electron chi connectivity index (χ0n) is 12.1. The van der Waals surface area contributed by atoms with Gasteiger partial charge in [0.05, 0.1) is 7.11 Å². The largest absolute Gasteiger partial charge is 0.496 e. The number of hydrogen-bond donors (Lipinski definition) is 1. The van der Waals surface area contributed by atoms with Gasteiger partial charge in [0.15, 0.2) is 0 Å². The van der Waals surface area contributed by atoms with Gasteiger partial charge >= 0.3 is 0 Å². The Kier molecular flexibility index (Phi) is 4.74. The van der Waals surface area contributed by atoms with Crippen molar-refractivity contribution < 1.29 is 9.13 Å². The maximum Gasteiger partial charge on any atom is 0.123 e. The summed E-state index contributed by atoms with van der Waals surface area (Å²) in [5.74, 6) is 0.686. The van der Waals surface area contributed by atoms with Gasteiger partial charge in [0, 0.05) is 18.2 Å². The Balaban J connectivity index is 2.04. The number of benzene rings is 2. The summed E-state index contributed by atoms with van der Waals surface area (Å²) in [6, 6.07) is 12.9. The predicted octanol–water partition coefficient (Wildman–Crippen LogP) is 3.99. The average Bonchev–Trinajstić information content (AvgIpc) is 2.46. The van der Waals surface area contributed by atoms with E-state index < -0.39 is 0 Å². The third-order valence-corrected chi connectivity index (χ3v) is 3.38. The fourth-order valence-electron chi connectivity index (χ4n) is 2.16. The number of ether oxygens (including phenoxy) is 1. The van der Waals surface area contributed by atoms with Crippen molar-refractivity contribution in [2.24, 2.45) is 0 Å². The van der Waals surface area contributed by atoms with E-state index in [1.54, 1.807) is 19.2 Å². The van der Waals surface area contributed by atoms with Crippen LogP contribution in [0.15, 0.2) is 42.5 Å². The van der Waals surface area contributed by atoms with E-state index in [9.17, 15) is 4.39 Å². The van der Waals surface area contributed by atoms with Crippen molar-refractivity contribution in [2.75, 3.05) is 7.11 Å². The van der Waals surface area contributed by atoms with Gasteiger partial charge in [-0.05, 0) is 43.2 Å². The van der Waals surface area contributed by atoms with Crippen LogP contribution in [0.3, 0.4) is 0 Å². The fourth-order valence-corrected chi connectivity index (χ4v) is 2.16. The van der Waals surface area contributed by atoms with E-state index in [0.717, 1.165) is 16.9 Å². The van der Waals surface area contributed by atoms with Crippen LogP contribution >= 0.6 is 0 Å². The minimum absolute atomic E-state index is 0.163. The van der Waals surface area contributed by atoms with Crippen LogP contribution in [0.5, 0.6) is 5.75 Å². The molecule has 0 fully saturated rings. The van der Waals surface area contributed by atoms with E-state index in [1.165, 1.54) is 17.7 Å². The molecule has 2 nitrogen and oxygen atoms in total. The number of aryl methyl sites for hydroxylation is 1. The van der Waals surface area contributed by atoms with Crippen molar-refractivity contribution >= 4 is 0 Å². The Labute approximate surface area is 119 Å². The van der Waals surface area contributed by atoms with Crippen molar-refractivity contribution in [1.82, 2.24) is 5.32 Å². The van der Waals surface area contributed by atoms with E-state index in [0.29, 0.717) is 6.54 Å². The molecule has 0 spiro atoms. The molecule has 2 aromatic carbocycles. The van der Waals surface area contributed by atoms with Crippen LogP contribution in [-0.4, -0.2) is 7.11 Å². The molecule has 2 aromatic rings. The zero-order valence-corrected chi connectivity index (χ0v) is 12.1. The number of methoxy groups -OCH3 is 1. The maximum absolute atomic E-state index is 12.9. The molecule has 0 aliphatic rings. The molecule has 1 unspecified atom stereocenters. The first-order valence-corrected chi connectivity index (χ1v) is 6.72. The summed E-state index contributed by atoms with van der Waals surface area (Å²) in [5, 5.41) is 3.43. The number of hydrogen-bond acceptors (Lipinski definition) is 2. The van der Waals surface area contributed by atoms with Crippen molar-refractivity contribution in [3.8, 4) is 5.75 Å². The maximum atomic E-state index is 12.9. The van der Waals surface area contributed by atoms with E-state index in [-0.39, 0.29) is 11.9 Å². The lowest BCUT2D eigenvalue weighted by molar-refractivity contribution is 0.401. The van der Waals surface area contributed by atoms with Crippen LogP contribution in [-0.2, 0) is 6.54 Å². The highest BCUT2D eigenvalue weighted by Gasteiger charge is 2.11. The Bertz CT molecular complexity index is 566. The normalized spacial score (nSPS) is 12.2. The predicted molar refractivity (Wildman–Crippen MR) is 79.4 cm³/mol. The van der Waals surface area contributed by atoms with Crippen LogP contribution in [0.2, 0.25) is 0 Å². The lowest BCUT2D eigenvalue weighted by atomic mass is 10.0. The van der Waals surface area contributed by atoms with Crippen molar-refractivity contribution in [1.29, 1.82) is 0 Å². The summed E-state index contributed by atoms with van der Waals surface area (Å²) in [6.07, 6.45) is 0. The molecular formula is C17H20FNO. The first-order valence-electron chi connectivity index (χ1n) is 6.72. The molecular weight excluding hydrogens is 253 g/mol. The highest BCUT2D eigenvalue weighted by Crippen LogP contribution is 2.26. The molecule has 3 heteroatoms. The van der Waals surface area contributed by atoms with Crippen LogP contribution in [0.4, 0.5) is 4.39 Å². The number of rotatable bonds is 5. The van der Waals surface area contributed by atoms with Crippen LogP contribution in [0.25, 0.3) is 0 Å². The van der Waals surface area contributed by atoms with Crippen molar-refractivity contribution in [3.05, 3.63) is 65.0 Å². The van der Waals surface area contributed by atoms with Gasteiger partial charge < -0.3 is 10.1 Å². The highest BCUT2D eigenvalue weighted by molar-refractivity contribution is 5.39. The first-order chi connectivity index (χ1) is 9.60. The van der Waals surface area contributed by atoms with Gasteiger partial charge in [-0.25, -0.2) is 4.39 Å². The summed E-state index contributed by atoms with van der Waals surface area (Å²) < 4.78 is 18.3. The summed E-state index contributed by atoms with van der Waals surface area (Å²) >= 11 is 0. The zero-order chi connectivity index (χ0) is 14.5. The molecule has 2 rings (SSSR count). The third-order valence-electron chi connectivity index (χ3n) is 3.38. The van der Waals surface area contributed by atoms with Gasteiger partial charge in [-0.2, -0.15) is 0 Å². The fraction of sp³-hybridized carbons (Fsp3) is 0.294. The third kappa shape index (κ3) is 3.58. The second-order valence-electron chi connectivity index (χ2n) is 4.97. The Morgan fingerprint density at radius 2 is 1.85 bits per heavy atom. The molecule has 1 atom stereocenters. The van der Waals surface area contributed by atoms with Crippen LogP contribution < -0.4 is 10.1 Å². The van der Waals surface area contributed by atoms with Gasteiger partial charge in [-0.15, -0.1) is 0 Å². The van der Waals surface area contributed by atoms with Gasteiger partial charge in [0.2, 0.25) is 0 Å². The number of nitrogens with one attached hydrogen (secondary N) is 1. The second kappa shape index (κ2) is 6.53. The topological polar surface area (TPSA) is 21.3 Å². The van der Waals surface area contributed by atoms with Crippen LogP contribution in [0.1, 0.15) is 29.7 Å². The molecule has 0 radical (unpaired) electrons. The minimum Gasteiger partial charge on any atom is -0.496 e. The lowest BCUT2D eigenvalue weighted by Gasteiger charge is -2.18. The molecule has 0 amide bonds. The summed E-state index contributed by atoms with van der Waals surface area (Å²) in [7, 11) is 1.69. The SMILES string of the molecule is COc1cc(C)ccc1C(C)NCc1ccc(F)cc1. The van der Waals surface area contributed by atoms with E-state index in [4.69, 9.17) is 4.74 Å². The highest BCUT2D eigenvalue weighted by atomic mass is 19.1. The van der Waals surface area contributed by atoms with E-state index in [1.807, 2.05) is 13.0 Å². The summed E-state index contributed by atoms with van der Waals surface area (Å²) in [5.41, 5.74) is 3.36. The molecule has 0 bridgehead atoms. The van der Waals surface area contributed by atoms with Gasteiger partial charge in [0.1, 0.15) is 11.6 Å². The average molecular weight is 273 g/mol. The lowest BCUT2D eigenvalue weighted by Crippen LogP contribution is -2.18. The Morgan fingerprint density at radius 3 is 2.50 bits per heavy atom. The Hall–Kier alpha value is -1.87. The van der Waals surface area contributed by atoms with E-state index >= 15 is 0 Å². The summed E-state index contributed by atoms with van der Waals surface area (Å²) in [6.45, 7) is 4.83. The van der Waals surface area contributed by atoms with Gasteiger partial charge in [0.25, 0.3) is 0 Å². The molecule has 0 aliphatic heterocycles. The summed E-state index contributed by atoms with van der Waals surface area (Å²) in [4.78, 5) is 0. The quantitative estimate of drug-likeness (QED) is 0.889. The molecule has 20 heavy (non-hydrogen) atoms. The standard InChI is InChI=1S/C17H20FNO/c1-12-4-9-16(17(10-12)20-3)13(2)19-11-14-5-7-15(18)8-6-14/h4-10,13,19H,11H2,1-3H3. The number of halogens is 1. The molecule has 0 heterocycles. The second-order valence-corrected chi connectivity index (χ2v) is 4.97. The van der Waals surface area contributed by atoms with Gasteiger partial charge in [-0.3, -0.25) is 0 Å². The van der Waals surface area contributed by atoms with Crippen molar-refractivity contribution in [2.45, 2.75) is 26.4 Å². The minimum atomic E-state index is -0.206. The molecule has 0 aromatic heterocycles. The molecule has 0 saturated heterocycles. The monoisotopic (exact) mass is 273 g/mol. The van der Waals surface area contributed by atoms with Gasteiger partial charge in [-0.1, -0.05) is 24.3 Å². The van der Waals surface area contributed by atoms with Crippen LogP contribution in [0, 0.1) is 12.7 Å². The van der Waals surface area contributed by atoms with E-state index in [2.05, 4.69) is 24.4 Å². The molecule has 106 valence electrons. The van der Waals surface area contributed by atoms with Crippen molar-refractivity contribution in [3.63, 3.8) is 0 Å². The molecule has 1 N–H and O–H groups in total. The smallest absolute Gasteiger partial charge is 0.123 e. The Morgan fingerprint density at radius 1 is 1.15 bits per heavy atom. The first kappa shape index (κ1) is 14.5.